The van der Waals surface area contributed by atoms with Crippen molar-refractivity contribution >= 4 is 47.1 Å². The van der Waals surface area contributed by atoms with E-state index in [-0.39, 0.29) is 24.0 Å². The van der Waals surface area contributed by atoms with Crippen LogP contribution < -0.4 is 15.5 Å². The molecule has 1 fully saturated rings. The van der Waals surface area contributed by atoms with Crippen molar-refractivity contribution in [1.29, 1.82) is 0 Å². The van der Waals surface area contributed by atoms with Crippen molar-refractivity contribution in [2.75, 3.05) is 24.5 Å². The summed E-state index contributed by atoms with van der Waals surface area (Å²) in [5.41, 5.74) is 1.05. The van der Waals surface area contributed by atoms with Gasteiger partial charge in [0.1, 0.15) is 5.82 Å². The number of anilines is 1. The normalized spacial score (nSPS) is 15.4. The lowest BCUT2D eigenvalue weighted by Crippen LogP contribution is -2.48. The molecule has 0 amide bonds. The van der Waals surface area contributed by atoms with E-state index in [2.05, 4.69) is 57.7 Å². The highest BCUT2D eigenvalue weighted by atomic mass is 127. The van der Waals surface area contributed by atoms with Gasteiger partial charge in [-0.1, -0.05) is 19.9 Å². The number of nitrogens with zero attached hydrogens (tertiary/aromatic N) is 4. The summed E-state index contributed by atoms with van der Waals surface area (Å²) in [7, 11) is 0. The van der Waals surface area contributed by atoms with E-state index in [1.807, 2.05) is 18.3 Å². The minimum Gasteiger partial charge on any atom is -0.357 e. The number of nitrogens with one attached hydrogen (secondary N) is 2. The van der Waals surface area contributed by atoms with E-state index in [0.717, 1.165) is 49.9 Å². The second-order valence-corrected chi connectivity index (χ2v) is 8.01. The first-order chi connectivity index (χ1) is 13.2. The highest BCUT2D eigenvalue weighted by Crippen LogP contribution is 2.20. The third kappa shape index (κ3) is 6.58. The highest BCUT2D eigenvalue weighted by Gasteiger charge is 2.20. The predicted octanol–water partition coefficient (Wildman–Crippen LogP) is 4.00. The van der Waals surface area contributed by atoms with Crippen LogP contribution in [-0.4, -0.2) is 41.6 Å². The van der Waals surface area contributed by atoms with Crippen molar-refractivity contribution in [3.05, 3.63) is 40.5 Å². The molecule has 0 atom stereocenters. The Balaban J connectivity index is 0.00000280. The minimum atomic E-state index is 0. The van der Waals surface area contributed by atoms with E-state index in [1.54, 1.807) is 11.3 Å². The number of hydrogen-bond donors (Lipinski definition) is 2. The fourth-order valence-electron chi connectivity index (χ4n) is 3.13. The van der Waals surface area contributed by atoms with Crippen LogP contribution in [0.2, 0.25) is 0 Å². The van der Waals surface area contributed by atoms with E-state index in [4.69, 9.17) is 4.99 Å². The molecule has 2 N–H and O–H groups in total. The Hall–Kier alpha value is -1.42. The van der Waals surface area contributed by atoms with Gasteiger partial charge in [0.15, 0.2) is 5.96 Å². The zero-order chi connectivity index (χ0) is 19.1. The van der Waals surface area contributed by atoms with Gasteiger partial charge < -0.3 is 15.5 Å². The Bertz CT molecular complexity index is 725. The van der Waals surface area contributed by atoms with Crippen molar-refractivity contribution in [2.24, 2.45) is 4.99 Å². The number of halogens is 1. The standard InChI is InChI=1S/C20H30N6S.HI/c1-4-21-20(23-13-17-14-27-19(24-17)15(2)3)25-16-8-11-26(12-9-16)18-7-5-6-10-22-18;/h5-7,10,14-16H,4,8-9,11-13H2,1-3H3,(H2,21,23,25);1H. The quantitative estimate of drug-likeness (QED) is 0.347. The van der Waals surface area contributed by atoms with Crippen molar-refractivity contribution in [3.8, 4) is 0 Å². The molecule has 0 bridgehead atoms. The monoisotopic (exact) mass is 514 g/mol. The predicted molar refractivity (Wildman–Crippen MR) is 129 cm³/mol. The molecule has 1 aliphatic heterocycles. The van der Waals surface area contributed by atoms with Gasteiger partial charge in [0.25, 0.3) is 0 Å². The van der Waals surface area contributed by atoms with Crippen LogP contribution in [0, 0.1) is 0 Å². The van der Waals surface area contributed by atoms with E-state index < -0.39 is 0 Å². The number of thiazole rings is 1. The molecule has 0 aromatic carbocycles. The first kappa shape index (κ1) is 22.9. The lowest BCUT2D eigenvalue weighted by molar-refractivity contribution is 0.459. The molecular formula is C20H31IN6S. The summed E-state index contributed by atoms with van der Waals surface area (Å²) in [5.74, 6) is 2.43. The first-order valence-corrected chi connectivity index (χ1v) is 10.7. The van der Waals surface area contributed by atoms with Gasteiger partial charge in [-0.2, -0.15) is 0 Å². The number of piperidine rings is 1. The first-order valence-electron chi connectivity index (χ1n) is 9.80. The van der Waals surface area contributed by atoms with Crippen LogP contribution in [0.4, 0.5) is 5.82 Å². The molecule has 2 aromatic rings. The minimum absolute atomic E-state index is 0. The number of rotatable bonds is 6. The molecule has 1 aliphatic rings. The van der Waals surface area contributed by atoms with Gasteiger partial charge in [0, 0.05) is 43.2 Å². The molecule has 0 unspecified atom stereocenters. The molecule has 8 heteroatoms. The molecule has 0 aliphatic carbocycles. The topological polar surface area (TPSA) is 65.4 Å². The van der Waals surface area contributed by atoms with Crippen LogP contribution in [0.3, 0.4) is 0 Å². The molecule has 1 saturated heterocycles. The van der Waals surface area contributed by atoms with Gasteiger partial charge in [-0.15, -0.1) is 35.3 Å². The van der Waals surface area contributed by atoms with Crippen molar-refractivity contribution in [2.45, 2.75) is 52.1 Å². The van der Waals surface area contributed by atoms with Crippen LogP contribution in [-0.2, 0) is 6.54 Å². The molecule has 28 heavy (non-hydrogen) atoms. The van der Waals surface area contributed by atoms with E-state index in [0.29, 0.717) is 18.5 Å². The highest BCUT2D eigenvalue weighted by molar-refractivity contribution is 14.0. The maximum atomic E-state index is 4.74. The third-order valence-corrected chi connectivity index (χ3v) is 5.81. The molecule has 0 radical (unpaired) electrons. The maximum absolute atomic E-state index is 4.74. The molecule has 3 rings (SSSR count). The SMILES string of the molecule is CCNC(=NCc1csc(C(C)C)n1)NC1CCN(c2ccccn2)CC1.I. The number of guanidine groups is 1. The van der Waals surface area contributed by atoms with E-state index >= 15 is 0 Å². The Morgan fingerprint density at radius 1 is 1.32 bits per heavy atom. The van der Waals surface area contributed by atoms with Gasteiger partial charge in [0.2, 0.25) is 0 Å². The molecule has 2 aromatic heterocycles. The number of hydrogen-bond acceptors (Lipinski definition) is 5. The summed E-state index contributed by atoms with van der Waals surface area (Å²) in [5, 5.41) is 10.3. The maximum Gasteiger partial charge on any atom is 0.191 e. The summed E-state index contributed by atoms with van der Waals surface area (Å²) in [6.07, 6.45) is 4.02. The molecular weight excluding hydrogens is 483 g/mol. The molecule has 6 nitrogen and oxygen atoms in total. The fraction of sp³-hybridized carbons (Fsp3) is 0.550. The largest absolute Gasteiger partial charge is 0.357 e. The fourth-order valence-corrected chi connectivity index (χ4v) is 3.95. The van der Waals surface area contributed by atoms with E-state index in [9.17, 15) is 0 Å². The van der Waals surface area contributed by atoms with Crippen molar-refractivity contribution in [1.82, 2.24) is 20.6 Å². The molecule has 154 valence electrons. The smallest absolute Gasteiger partial charge is 0.191 e. The number of aliphatic imine (C=N–C) groups is 1. The van der Waals surface area contributed by atoms with E-state index in [1.165, 1.54) is 5.01 Å². The second kappa shape index (κ2) is 11.5. The molecule has 3 heterocycles. The van der Waals surface area contributed by atoms with Crippen LogP contribution in [0.25, 0.3) is 0 Å². The summed E-state index contributed by atoms with van der Waals surface area (Å²) >= 11 is 1.72. The zero-order valence-electron chi connectivity index (χ0n) is 16.9. The summed E-state index contributed by atoms with van der Waals surface area (Å²) in [4.78, 5) is 16.2. The summed E-state index contributed by atoms with van der Waals surface area (Å²) in [6.45, 7) is 9.94. The lowest BCUT2D eigenvalue weighted by Gasteiger charge is -2.33. The summed E-state index contributed by atoms with van der Waals surface area (Å²) in [6, 6.07) is 6.53. The van der Waals surface area contributed by atoms with Crippen LogP contribution in [0.15, 0.2) is 34.8 Å². The van der Waals surface area contributed by atoms with Gasteiger partial charge in [-0.3, -0.25) is 0 Å². The van der Waals surface area contributed by atoms with Crippen molar-refractivity contribution < 1.29 is 0 Å². The van der Waals surface area contributed by atoms with Gasteiger partial charge >= 0.3 is 0 Å². The van der Waals surface area contributed by atoms with Gasteiger partial charge in [0.05, 0.1) is 17.2 Å². The lowest BCUT2D eigenvalue weighted by atomic mass is 10.1. The Kier molecular flexibility index (Phi) is 9.43. The molecule has 0 saturated carbocycles. The van der Waals surface area contributed by atoms with Crippen molar-refractivity contribution in [3.63, 3.8) is 0 Å². The summed E-state index contributed by atoms with van der Waals surface area (Å²) < 4.78 is 0. The second-order valence-electron chi connectivity index (χ2n) is 7.12. The number of pyridine rings is 1. The van der Waals surface area contributed by atoms with Gasteiger partial charge in [-0.05, 0) is 31.9 Å². The van der Waals surface area contributed by atoms with Crippen LogP contribution in [0.5, 0.6) is 0 Å². The Morgan fingerprint density at radius 3 is 2.71 bits per heavy atom. The van der Waals surface area contributed by atoms with Gasteiger partial charge in [-0.25, -0.2) is 15.0 Å². The average Bonchev–Trinajstić information content (AvgIpc) is 3.17. The Morgan fingerprint density at radius 2 is 2.11 bits per heavy atom. The zero-order valence-corrected chi connectivity index (χ0v) is 20.0. The molecule has 0 spiro atoms. The number of aromatic nitrogens is 2. The third-order valence-electron chi connectivity index (χ3n) is 4.62. The Labute approximate surface area is 189 Å². The van der Waals surface area contributed by atoms with Crippen LogP contribution >= 0.6 is 35.3 Å². The van der Waals surface area contributed by atoms with Crippen LogP contribution in [0.1, 0.15) is 50.2 Å². The average molecular weight is 514 g/mol.